The summed E-state index contributed by atoms with van der Waals surface area (Å²) in [6.07, 6.45) is -5.23. The van der Waals surface area contributed by atoms with E-state index in [1.165, 1.54) is 0 Å². The SMILES string of the molecule is Cc1c(C)c2c(c(C)c1O)CCC(C)(COC1O[C@H](CO)[C@@H](O)[C@H](O)[C@H]1O)O2. The Hall–Kier alpha value is -1.42. The molecule has 1 saturated heterocycles. The van der Waals surface area contributed by atoms with Gasteiger partial charge >= 0.3 is 0 Å². The minimum absolute atomic E-state index is 0.0769. The van der Waals surface area contributed by atoms with E-state index >= 15 is 0 Å². The number of aliphatic hydroxyl groups excluding tert-OH is 4. The van der Waals surface area contributed by atoms with E-state index in [1.807, 2.05) is 27.7 Å². The van der Waals surface area contributed by atoms with Gasteiger partial charge in [0.15, 0.2) is 6.29 Å². The van der Waals surface area contributed by atoms with E-state index in [9.17, 15) is 25.5 Å². The zero-order valence-electron chi connectivity index (χ0n) is 16.7. The van der Waals surface area contributed by atoms with Crippen LogP contribution < -0.4 is 4.74 Å². The van der Waals surface area contributed by atoms with Gasteiger partial charge in [0.05, 0.1) is 13.2 Å². The molecule has 1 aromatic rings. The number of phenols is 1. The van der Waals surface area contributed by atoms with Crippen molar-refractivity contribution in [3.8, 4) is 11.5 Å². The van der Waals surface area contributed by atoms with Crippen LogP contribution in [-0.2, 0) is 15.9 Å². The quantitative estimate of drug-likeness (QED) is 0.487. The first-order valence-electron chi connectivity index (χ1n) is 9.52. The molecule has 6 atom stereocenters. The van der Waals surface area contributed by atoms with Crippen LogP contribution in [0.1, 0.15) is 35.6 Å². The fraction of sp³-hybridized carbons (Fsp3) is 0.700. The van der Waals surface area contributed by atoms with Gasteiger partial charge in [-0.05, 0) is 57.2 Å². The number of rotatable bonds is 4. The third-order valence-electron chi connectivity index (χ3n) is 5.99. The molecule has 1 fully saturated rings. The lowest BCUT2D eigenvalue weighted by Crippen LogP contribution is -2.60. The highest BCUT2D eigenvalue weighted by molar-refractivity contribution is 5.58. The summed E-state index contributed by atoms with van der Waals surface area (Å²) < 4.78 is 17.4. The summed E-state index contributed by atoms with van der Waals surface area (Å²) in [5.41, 5.74) is 2.74. The van der Waals surface area contributed by atoms with Gasteiger partial charge in [-0.2, -0.15) is 0 Å². The molecule has 2 heterocycles. The Morgan fingerprint density at radius 3 is 2.36 bits per heavy atom. The third-order valence-corrected chi connectivity index (χ3v) is 5.99. The van der Waals surface area contributed by atoms with Crippen molar-refractivity contribution < 1.29 is 39.7 Å². The molecular formula is C20H30O8. The zero-order chi connectivity index (χ0) is 20.8. The maximum Gasteiger partial charge on any atom is 0.186 e. The van der Waals surface area contributed by atoms with Crippen LogP contribution in [0.3, 0.4) is 0 Å². The molecule has 8 heteroatoms. The Labute approximate surface area is 164 Å². The Bertz CT molecular complexity index is 734. The Kier molecular flexibility index (Phi) is 5.91. The first kappa shape index (κ1) is 21.3. The molecule has 0 amide bonds. The Balaban J connectivity index is 1.74. The van der Waals surface area contributed by atoms with Crippen LogP contribution in [0.2, 0.25) is 0 Å². The number of hydrogen-bond acceptors (Lipinski definition) is 8. The van der Waals surface area contributed by atoms with Crippen molar-refractivity contribution in [3.63, 3.8) is 0 Å². The van der Waals surface area contributed by atoms with E-state index in [-0.39, 0.29) is 6.61 Å². The van der Waals surface area contributed by atoms with Gasteiger partial charge in [-0.15, -0.1) is 0 Å². The lowest BCUT2D eigenvalue weighted by molar-refractivity contribution is -0.307. The Morgan fingerprint density at radius 1 is 1.04 bits per heavy atom. The lowest BCUT2D eigenvalue weighted by atomic mass is 9.87. The largest absolute Gasteiger partial charge is 0.507 e. The summed E-state index contributed by atoms with van der Waals surface area (Å²) in [5.74, 6) is 1.03. The molecule has 0 aliphatic carbocycles. The predicted octanol–water partition coefficient (Wildman–Crippen LogP) is 0.218. The standard InChI is InChI=1S/C20H30O8/c1-9-10(2)18-12(11(3)14(9)22)5-6-20(4,28-18)8-26-19-17(25)16(24)15(23)13(7-21)27-19/h13,15-17,19,21-25H,5-8H2,1-4H3/t13-,15-,16+,17-,19?,20?/m1/s1. The summed E-state index contributed by atoms with van der Waals surface area (Å²) in [6, 6.07) is 0. The highest BCUT2D eigenvalue weighted by atomic mass is 16.7. The van der Waals surface area contributed by atoms with Gasteiger partial charge in [0.2, 0.25) is 0 Å². The highest BCUT2D eigenvalue weighted by Gasteiger charge is 2.45. The van der Waals surface area contributed by atoms with E-state index in [2.05, 4.69) is 0 Å². The second-order valence-electron chi connectivity index (χ2n) is 8.09. The molecule has 0 spiro atoms. The molecule has 8 nitrogen and oxygen atoms in total. The average Bonchev–Trinajstić information content (AvgIpc) is 2.68. The number of hydrogen-bond donors (Lipinski definition) is 5. The van der Waals surface area contributed by atoms with Crippen LogP contribution in [0.4, 0.5) is 0 Å². The average molecular weight is 398 g/mol. The van der Waals surface area contributed by atoms with Crippen molar-refractivity contribution in [3.05, 3.63) is 22.3 Å². The van der Waals surface area contributed by atoms with Crippen molar-refractivity contribution in [2.75, 3.05) is 13.2 Å². The van der Waals surface area contributed by atoms with Crippen LogP contribution >= 0.6 is 0 Å². The first-order chi connectivity index (χ1) is 13.1. The number of ether oxygens (including phenoxy) is 3. The molecule has 0 bridgehead atoms. The number of fused-ring (bicyclic) bond motifs is 1. The van der Waals surface area contributed by atoms with Gasteiger partial charge < -0.3 is 39.7 Å². The fourth-order valence-corrected chi connectivity index (χ4v) is 3.86. The molecule has 3 rings (SSSR count). The molecule has 0 radical (unpaired) electrons. The molecule has 1 aromatic carbocycles. The molecule has 2 aliphatic rings. The number of benzene rings is 1. The van der Waals surface area contributed by atoms with Crippen LogP contribution in [0.5, 0.6) is 11.5 Å². The second kappa shape index (κ2) is 7.78. The van der Waals surface area contributed by atoms with E-state index in [0.29, 0.717) is 18.6 Å². The van der Waals surface area contributed by atoms with E-state index in [0.717, 1.165) is 28.0 Å². The van der Waals surface area contributed by atoms with Crippen molar-refractivity contribution in [2.45, 2.75) is 76.8 Å². The number of aromatic hydroxyl groups is 1. The first-order valence-corrected chi connectivity index (χ1v) is 9.52. The number of phenolic OH excluding ortho intramolecular Hbond substituents is 1. The monoisotopic (exact) mass is 398 g/mol. The van der Waals surface area contributed by atoms with Gasteiger partial charge in [-0.25, -0.2) is 0 Å². The maximum absolute atomic E-state index is 10.3. The van der Waals surface area contributed by atoms with Crippen molar-refractivity contribution in [2.24, 2.45) is 0 Å². The normalized spacial score (nSPS) is 35.4. The lowest BCUT2D eigenvalue weighted by Gasteiger charge is -2.42. The minimum atomic E-state index is -1.48. The molecule has 2 aliphatic heterocycles. The molecule has 2 unspecified atom stereocenters. The smallest absolute Gasteiger partial charge is 0.186 e. The van der Waals surface area contributed by atoms with Crippen LogP contribution in [0.25, 0.3) is 0 Å². The topological polar surface area (TPSA) is 129 Å². The summed E-state index contributed by atoms with van der Waals surface area (Å²) in [4.78, 5) is 0. The summed E-state index contributed by atoms with van der Waals surface area (Å²) >= 11 is 0. The molecule has 0 aromatic heterocycles. The van der Waals surface area contributed by atoms with Crippen molar-refractivity contribution in [1.29, 1.82) is 0 Å². The van der Waals surface area contributed by atoms with Crippen molar-refractivity contribution in [1.82, 2.24) is 0 Å². The van der Waals surface area contributed by atoms with Gasteiger partial charge in [0, 0.05) is 5.56 Å². The highest BCUT2D eigenvalue weighted by Crippen LogP contribution is 2.43. The predicted molar refractivity (Wildman–Crippen MR) is 99.4 cm³/mol. The molecule has 5 N–H and O–H groups in total. The van der Waals surface area contributed by atoms with Gasteiger partial charge in [-0.1, -0.05) is 0 Å². The third kappa shape index (κ3) is 3.60. The molecule has 0 saturated carbocycles. The number of aliphatic hydroxyl groups is 4. The van der Waals surface area contributed by atoms with E-state index < -0.39 is 42.9 Å². The van der Waals surface area contributed by atoms with Crippen molar-refractivity contribution >= 4 is 0 Å². The van der Waals surface area contributed by atoms with Crippen LogP contribution in [0, 0.1) is 20.8 Å². The molecule has 28 heavy (non-hydrogen) atoms. The Morgan fingerprint density at radius 2 is 1.71 bits per heavy atom. The second-order valence-corrected chi connectivity index (χ2v) is 8.09. The minimum Gasteiger partial charge on any atom is -0.507 e. The summed E-state index contributed by atoms with van der Waals surface area (Å²) in [5, 5.41) is 49.5. The maximum atomic E-state index is 10.3. The van der Waals surface area contributed by atoms with E-state index in [1.54, 1.807) is 0 Å². The van der Waals surface area contributed by atoms with Crippen LogP contribution in [-0.4, -0.2) is 75.1 Å². The van der Waals surface area contributed by atoms with E-state index in [4.69, 9.17) is 14.2 Å². The van der Waals surface area contributed by atoms with Gasteiger partial charge in [-0.3, -0.25) is 0 Å². The molecular weight excluding hydrogens is 368 g/mol. The molecule has 158 valence electrons. The summed E-state index contributed by atoms with van der Waals surface area (Å²) in [7, 11) is 0. The fourth-order valence-electron chi connectivity index (χ4n) is 3.86. The van der Waals surface area contributed by atoms with Gasteiger partial charge in [0.25, 0.3) is 0 Å². The van der Waals surface area contributed by atoms with Crippen LogP contribution in [0.15, 0.2) is 0 Å². The van der Waals surface area contributed by atoms with Gasteiger partial charge in [0.1, 0.15) is 41.5 Å². The zero-order valence-corrected chi connectivity index (χ0v) is 16.7. The summed E-state index contributed by atoms with van der Waals surface area (Å²) in [6.45, 7) is 7.07.